The molecule has 1 saturated heterocycles. The van der Waals surface area contributed by atoms with E-state index in [0.29, 0.717) is 19.5 Å². The number of para-hydroxylation sites is 2. The van der Waals surface area contributed by atoms with Gasteiger partial charge in [-0.2, -0.15) is 0 Å². The van der Waals surface area contributed by atoms with Crippen molar-refractivity contribution in [2.45, 2.75) is 39.3 Å². The van der Waals surface area contributed by atoms with Gasteiger partial charge in [0.15, 0.2) is 0 Å². The second-order valence-corrected chi connectivity index (χ2v) is 9.00. The Balaban J connectivity index is 1.45. The van der Waals surface area contributed by atoms with E-state index in [1.807, 2.05) is 35.2 Å². The summed E-state index contributed by atoms with van der Waals surface area (Å²) in [6.45, 7) is 6.33. The monoisotopic (exact) mass is 439 g/mol. The summed E-state index contributed by atoms with van der Waals surface area (Å²) in [5.74, 6) is 2.08. The van der Waals surface area contributed by atoms with E-state index in [2.05, 4.69) is 54.8 Å². The first kappa shape index (κ1) is 21.3. The first-order chi connectivity index (χ1) is 16.0. The van der Waals surface area contributed by atoms with Crippen molar-refractivity contribution in [3.8, 4) is 5.75 Å². The zero-order chi connectivity index (χ0) is 22.9. The lowest BCUT2D eigenvalue weighted by atomic mass is 10.0. The molecule has 1 amide bonds. The molecule has 2 heterocycles. The molecular weight excluding hydrogens is 410 g/mol. The molecule has 0 N–H and O–H groups in total. The third-order valence-electron chi connectivity index (χ3n) is 6.63. The lowest BCUT2D eigenvalue weighted by molar-refractivity contribution is -0.128. The van der Waals surface area contributed by atoms with E-state index in [0.717, 1.165) is 34.7 Å². The molecule has 4 aromatic rings. The van der Waals surface area contributed by atoms with Crippen molar-refractivity contribution >= 4 is 16.9 Å². The van der Waals surface area contributed by atoms with Gasteiger partial charge in [0.1, 0.15) is 11.6 Å². The van der Waals surface area contributed by atoms with Crippen LogP contribution in [0.2, 0.25) is 0 Å². The average molecular weight is 440 g/mol. The number of likely N-dealkylation sites (tertiary alicyclic amines) is 1. The van der Waals surface area contributed by atoms with Gasteiger partial charge in [-0.05, 0) is 54.8 Å². The third-order valence-corrected chi connectivity index (χ3v) is 6.63. The van der Waals surface area contributed by atoms with Crippen LogP contribution in [0.25, 0.3) is 11.0 Å². The van der Waals surface area contributed by atoms with Crippen molar-refractivity contribution in [3.63, 3.8) is 0 Å². The highest BCUT2D eigenvalue weighted by atomic mass is 16.5. The molecule has 0 radical (unpaired) electrons. The summed E-state index contributed by atoms with van der Waals surface area (Å²) in [5.41, 5.74) is 7.03. The Kier molecular flexibility index (Phi) is 5.63. The van der Waals surface area contributed by atoms with Crippen LogP contribution in [-0.2, 0) is 17.9 Å². The van der Waals surface area contributed by atoms with Gasteiger partial charge < -0.3 is 14.2 Å². The highest BCUT2D eigenvalue weighted by molar-refractivity contribution is 5.81. The van der Waals surface area contributed by atoms with Crippen LogP contribution in [0, 0.1) is 13.8 Å². The molecule has 1 atom stereocenters. The van der Waals surface area contributed by atoms with Crippen LogP contribution >= 0.6 is 0 Å². The van der Waals surface area contributed by atoms with Crippen LogP contribution in [0.4, 0.5) is 0 Å². The minimum Gasteiger partial charge on any atom is -0.497 e. The number of amides is 1. The molecule has 0 aliphatic carbocycles. The maximum atomic E-state index is 12.9. The first-order valence-corrected chi connectivity index (χ1v) is 11.4. The van der Waals surface area contributed by atoms with E-state index >= 15 is 0 Å². The van der Waals surface area contributed by atoms with Gasteiger partial charge in [0.25, 0.3) is 0 Å². The zero-order valence-corrected chi connectivity index (χ0v) is 19.4. The molecule has 5 rings (SSSR count). The topological polar surface area (TPSA) is 47.4 Å². The second-order valence-electron chi connectivity index (χ2n) is 9.00. The fourth-order valence-corrected chi connectivity index (χ4v) is 4.76. The predicted molar refractivity (Wildman–Crippen MR) is 131 cm³/mol. The van der Waals surface area contributed by atoms with Crippen LogP contribution in [-0.4, -0.2) is 34.0 Å². The number of nitrogens with zero attached hydrogens (tertiary/aromatic N) is 3. The molecule has 168 valence electrons. The van der Waals surface area contributed by atoms with Gasteiger partial charge in [0.2, 0.25) is 5.91 Å². The van der Waals surface area contributed by atoms with Crippen LogP contribution in [0.15, 0.2) is 66.7 Å². The van der Waals surface area contributed by atoms with Crippen LogP contribution < -0.4 is 4.74 Å². The van der Waals surface area contributed by atoms with E-state index in [1.165, 1.54) is 16.7 Å². The molecule has 0 spiro atoms. The number of methoxy groups -OCH3 is 1. The Bertz CT molecular complexity index is 1310. The quantitative estimate of drug-likeness (QED) is 0.414. The molecular formula is C28H29N3O2. The molecule has 1 aromatic heterocycles. The fourth-order valence-electron chi connectivity index (χ4n) is 4.76. The number of aryl methyl sites for hydroxylation is 2. The number of rotatable bonds is 6. The molecule has 33 heavy (non-hydrogen) atoms. The van der Waals surface area contributed by atoms with Gasteiger partial charge in [0.05, 0.1) is 18.1 Å². The predicted octanol–water partition coefficient (Wildman–Crippen LogP) is 5.23. The van der Waals surface area contributed by atoms with Crippen molar-refractivity contribution in [1.82, 2.24) is 14.5 Å². The SMILES string of the molecule is COc1ccc(CN2CC(c3nc4ccccc4n3Cc3cc(C)ccc3C)CC2=O)cc1. The van der Waals surface area contributed by atoms with Gasteiger partial charge in [0, 0.05) is 32.0 Å². The highest BCUT2D eigenvalue weighted by Gasteiger charge is 2.34. The molecule has 1 aliphatic rings. The molecule has 1 fully saturated rings. The summed E-state index contributed by atoms with van der Waals surface area (Å²) in [7, 11) is 1.66. The molecule has 0 saturated carbocycles. The Morgan fingerprint density at radius 3 is 2.58 bits per heavy atom. The van der Waals surface area contributed by atoms with Gasteiger partial charge in [-0.3, -0.25) is 4.79 Å². The first-order valence-electron chi connectivity index (χ1n) is 11.4. The molecule has 1 unspecified atom stereocenters. The molecule has 3 aromatic carbocycles. The summed E-state index contributed by atoms with van der Waals surface area (Å²) in [5, 5.41) is 0. The molecule has 5 nitrogen and oxygen atoms in total. The van der Waals surface area contributed by atoms with Gasteiger partial charge >= 0.3 is 0 Å². The van der Waals surface area contributed by atoms with E-state index in [1.54, 1.807) is 7.11 Å². The average Bonchev–Trinajstić information content (AvgIpc) is 3.37. The number of hydrogen-bond acceptors (Lipinski definition) is 3. The Labute approximate surface area is 194 Å². The normalized spacial score (nSPS) is 16.0. The van der Waals surface area contributed by atoms with E-state index in [-0.39, 0.29) is 11.8 Å². The van der Waals surface area contributed by atoms with Gasteiger partial charge in [-0.15, -0.1) is 0 Å². The number of hydrogen-bond donors (Lipinski definition) is 0. The number of aromatic nitrogens is 2. The van der Waals surface area contributed by atoms with Crippen molar-refractivity contribution in [2.75, 3.05) is 13.7 Å². The molecule has 1 aliphatic heterocycles. The lowest BCUT2D eigenvalue weighted by Crippen LogP contribution is -2.24. The maximum Gasteiger partial charge on any atom is 0.223 e. The van der Waals surface area contributed by atoms with Crippen LogP contribution in [0.1, 0.15) is 40.4 Å². The number of ether oxygens (including phenoxy) is 1. The van der Waals surface area contributed by atoms with Crippen LogP contribution in [0.3, 0.4) is 0 Å². The van der Waals surface area contributed by atoms with E-state index < -0.39 is 0 Å². The number of benzene rings is 3. The number of carbonyl (C=O) groups excluding carboxylic acids is 1. The third kappa shape index (κ3) is 4.23. The Morgan fingerprint density at radius 1 is 1.00 bits per heavy atom. The summed E-state index contributed by atoms with van der Waals surface area (Å²) in [6.07, 6.45) is 0.492. The molecule has 5 heteroatoms. The Hall–Kier alpha value is -3.60. The molecule has 0 bridgehead atoms. The second kappa shape index (κ2) is 8.74. The van der Waals surface area contributed by atoms with Gasteiger partial charge in [-0.1, -0.05) is 48.0 Å². The van der Waals surface area contributed by atoms with Crippen LogP contribution in [0.5, 0.6) is 5.75 Å². The fraction of sp³-hybridized carbons (Fsp3) is 0.286. The lowest BCUT2D eigenvalue weighted by Gasteiger charge is -2.18. The van der Waals surface area contributed by atoms with Gasteiger partial charge in [-0.25, -0.2) is 4.98 Å². The smallest absolute Gasteiger partial charge is 0.223 e. The van der Waals surface area contributed by atoms with Crippen molar-refractivity contribution < 1.29 is 9.53 Å². The number of imidazole rings is 1. The van der Waals surface area contributed by atoms with Crippen molar-refractivity contribution in [1.29, 1.82) is 0 Å². The summed E-state index contributed by atoms with van der Waals surface area (Å²) in [6, 6.07) is 22.8. The zero-order valence-electron chi connectivity index (χ0n) is 19.4. The minimum atomic E-state index is 0.0771. The Morgan fingerprint density at radius 2 is 1.79 bits per heavy atom. The summed E-state index contributed by atoms with van der Waals surface area (Å²) >= 11 is 0. The van der Waals surface area contributed by atoms with Crippen molar-refractivity contribution in [2.24, 2.45) is 0 Å². The summed E-state index contributed by atoms with van der Waals surface area (Å²) in [4.78, 5) is 19.9. The van der Waals surface area contributed by atoms with E-state index in [9.17, 15) is 4.79 Å². The summed E-state index contributed by atoms with van der Waals surface area (Å²) < 4.78 is 7.56. The number of fused-ring (bicyclic) bond motifs is 1. The highest BCUT2D eigenvalue weighted by Crippen LogP contribution is 2.32. The largest absolute Gasteiger partial charge is 0.497 e. The van der Waals surface area contributed by atoms with E-state index in [4.69, 9.17) is 9.72 Å². The standard InChI is InChI=1S/C28H29N3O2/c1-19-8-9-20(2)22(14-19)18-31-26-7-5-4-6-25(26)29-28(31)23-15-27(32)30(17-23)16-21-10-12-24(33-3)13-11-21/h4-14,23H,15-18H2,1-3H3. The minimum absolute atomic E-state index is 0.0771. The number of carbonyl (C=O) groups is 1. The van der Waals surface area contributed by atoms with Crippen molar-refractivity contribution in [3.05, 3.63) is 94.8 Å². The maximum absolute atomic E-state index is 12.9.